The lowest BCUT2D eigenvalue weighted by molar-refractivity contribution is 0.0925. The number of nitrogens with zero attached hydrogens (tertiary/aromatic N) is 1. The third kappa shape index (κ3) is 7.18. The maximum atomic E-state index is 12.0. The molecular formula is C22H32N4O3. The molecule has 7 nitrogen and oxygen atoms in total. The predicted molar refractivity (Wildman–Crippen MR) is 116 cm³/mol. The second-order valence-corrected chi connectivity index (χ2v) is 6.79. The normalized spacial score (nSPS) is 11.2. The minimum absolute atomic E-state index is 0.186. The first-order valence-corrected chi connectivity index (χ1v) is 10.0. The quantitative estimate of drug-likeness (QED) is 0.324. The average Bonchev–Trinajstić information content (AvgIpc) is 3.13. The molecule has 0 atom stereocenters. The van der Waals surface area contributed by atoms with Gasteiger partial charge < -0.3 is 25.1 Å². The van der Waals surface area contributed by atoms with Crippen molar-refractivity contribution in [3.8, 4) is 5.75 Å². The molecule has 1 aromatic carbocycles. The number of rotatable bonds is 10. The third-order valence-corrected chi connectivity index (χ3v) is 4.43. The van der Waals surface area contributed by atoms with E-state index in [9.17, 15) is 4.79 Å². The van der Waals surface area contributed by atoms with Crippen LogP contribution in [0.3, 0.4) is 0 Å². The van der Waals surface area contributed by atoms with E-state index in [4.69, 9.17) is 9.15 Å². The zero-order valence-electron chi connectivity index (χ0n) is 17.8. The maximum Gasteiger partial charge on any atom is 0.287 e. The van der Waals surface area contributed by atoms with Crippen LogP contribution in [0.4, 0.5) is 0 Å². The van der Waals surface area contributed by atoms with E-state index in [-0.39, 0.29) is 5.91 Å². The van der Waals surface area contributed by atoms with E-state index in [2.05, 4.69) is 33.9 Å². The van der Waals surface area contributed by atoms with E-state index >= 15 is 0 Å². The van der Waals surface area contributed by atoms with Crippen LogP contribution < -0.4 is 20.7 Å². The smallest absolute Gasteiger partial charge is 0.287 e. The third-order valence-electron chi connectivity index (χ3n) is 4.43. The van der Waals surface area contributed by atoms with Crippen molar-refractivity contribution in [1.82, 2.24) is 16.0 Å². The van der Waals surface area contributed by atoms with Gasteiger partial charge in [0.25, 0.3) is 5.91 Å². The van der Waals surface area contributed by atoms with Gasteiger partial charge in [0.1, 0.15) is 5.75 Å². The summed E-state index contributed by atoms with van der Waals surface area (Å²) in [5, 5.41) is 9.45. The highest BCUT2D eigenvalue weighted by atomic mass is 16.5. The van der Waals surface area contributed by atoms with Crippen molar-refractivity contribution in [2.75, 3.05) is 33.3 Å². The Morgan fingerprint density at radius 2 is 1.97 bits per heavy atom. The number of ether oxygens (including phenoxy) is 1. The number of methoxy groups -OCH3 is 1. The fourth-order valence-electron chi connectivity index (χ4n) is 2.92. The number of carbonyl (C=O) groups excluding carboxylic acids is 1. The summed E-state index contributed by atoms with van der Waals surface area (Å²) in [4.78, 5) is 16.6. The van der Waals surface area contributed by atoms with Gasteiger partial charge in [-0.05, 0) is 51.3 Å². The van der Waals surface area contributed by atoms with E-state index < -0.39 is 0 Å². The number of amides is 1. The molecule has 2 rings (SSSR count). The molecule has 0 aliphatic carbocycles. The van der Waals surface area contributed by atoms with Crippen LogP contribution in [0.5, 0.6) is 5.75 Å². The zero-order chi connectivity index (χ0) is 21.1. The van der Waals surface area contributed by atoms with Gasteiger partial charge in [0.05, 0.1) is 13.4 Å². The van der Waals surface area contributed by atoms with Gasteiger partial charge in [0, 0.05) is 31.7 Å². The van der Waals surface area contributed by atoms with Gasteiger partial charge in [0.2, 0.25) is 0 Å². The lowest BCUT2D eigenvalue weighted by Gasteiger charge is -2.13. The molecule has 0 unspecified atom stereocenters. The number of aryl methyl sites for hydroxylation is 2. The summed E-state index contributed by atoms with van der Waals surface area (Å²) >= 11 is 0. The van der Waals surface area contributed by atoms with Gasteiger partial charge in [-0.1, -0.05) is 17.7 Å². The molecule has 0 fully saturated rings. The summed E-state index contributed by atoms with van der Waals surface area (Å²) in [5.41, 5.74) is 3.23. The van der Waals surface area contributed by atoms with Crippen molar-refractivity contribution >= 4 is 11.9 Å². The molecule has 3 N–H and O–H groups in total. The fraction of sp³-hybridized carbons (Fsp3) is 0.455. The van der Waals surface area contributed by atoms with Gasteiger partial charge >= 0.3 is 0 Å². The highest BCUT2D eigenvalue weighted by Crippen LogP contribution is 2.19. The number of guanidine groups is 1. The Morgan fingerprint density at radius 3 is 2.66 bits per heavy atom. The second kappa shape index (κ2) is 11.8. The molecule has 0 bridgehead atoms. The summed E-state index contributed by atoms with van der Waals surface area (Å²) in [6.45, 7) is 8.65. The van der Waals surface area contributed by atoms with E-state index in [1.54, 1.807) is 13.2 Å². The Balaban J connectivity index is 1.75. The fourth-order valence-corrected chi connectivity index (χ4v) is 2.92. The molecule has 2 aromatic rings. The minimum atomic E-state index is -0.186. The Morgan fingerprint density at radius 1 is 1.14 bits per heavy atom. The molecule has 1 heterocycles. The number of hydrogen-bond donors (Lipinski definition) is 3. The number of benzene rings is 1. The molecule has 158 valence electrons. The van der Waals surface area contributed by atoms with Crippen molar-refractivity contribution in [2.24, 2.45) is 4.99 Å². The number of aliphatic imine (C=N–C) groups is 1. The largest absolute Gasteiger partial charge is 0.496 e. The number of nitrogens with one attached hydrogen (secondary N) is 3. The zero-order valence-corrected chi connectivity index (χ0v) is 17.8. The lowest BCUT2D eigenvalue weighted by Crippen LogP contribution is -2.38. The Kier molecular flexibility index (Phi) is 9.08. The van der Waals surface area contributed by atoms with Crippen LogP contribution in [0.1, 0.15) is 40.6 Å². The first-order chi connectivity index (χ1) is 14.0. The van der Waals surface area contributed by atoms with E-state index in [1.165, 1.54) is 17.4 Å². The molecule has 7 heteroatoms. The molecule has 0 saturated heterocycles. The summed E-state index contributed by atoms with van der Waals surface area (Å²) in [7, 11) is 1.69. The first kappa shape index (κ1) is 22.3. The van der Waals surface area contributed by atoms with Crippen molar-refractivity contribution in [3.05, 3.63) is 53.0 Å². The van der Waals surface area contributed by atoms with E-state index in [0.29, 0.717) is 18.8 Å². The van der Waals surface area contributed by atoms with E-state index in [1.807, 2.05) is 26.0 Å². The summed E-state index contributed by atoms with van der Waals surface area (Å²) in [6.07, 6.45) is 3.11. The van der Waals surface area contributed by atoms with Crippen molar-refractivity contribution < 1.29 is 13.9 Å². The molecule has 0 spiro atoms. The van der Waals surface area contributed by atoms with Crippen LogP contribution in [0, 0.1) is 13.8 Å². The number of furan rings is 1. The van der Waals surface area contributed by atoms with Crippen molar-refractivity contribution in [1.29, 1.82) is 0 Å². The summed E-state index contributed by atoms with van der Waals surface area (Å²) in [5.74, 6) is 1.86. The standard InChI is InChI=1S/C22H32N4O3/c1-5-23-22(26-13-9-18-15-16(2)7-8-19(18)28-4)25-12-6-11-24-21(27)20-17(3)10-14-29-20/h7-8,10,14-15H,5-6,9,11-13H2,1-4H3,(H,24,27)(H2,23,25,26). The second-order valence-electron chi connectivity index (χ2n) is 6.79. The predicted octanol–water partition coefficient (Wildman–Crippen LogP) is 2.82. The maximum absolute atomic E-state index is 12.0. The molecule has 1 aromatic heterocycles. The molecular weight excluding hydrogens is 368 g/mol. The summed E-state index contributed by atoms with van der Waals surface area (Å²) in [6, 6.07) is 7.98. The van der Waals surface area contributed by atoms with Crippen LogP contribution in [-0.2, 0) is 6.42 Å². The van der Waals surface area contributed by atoms with Gasteiger partial charge in [-0.25, -0.2) is 0 Å². The monoisotopic (exact) mass is 400 g/mol. The first-order valence-electron chi connectivity index (χ1n) is 10.0. The lowest BCUT2D eigenvalue weighted by atomic mass is 10.1. The topological polar surface area (TPSA) is 87.9 Å². The van der Waals surface area contributed by atoms with Gasteiger partial charge in [-0.2, -0.15) is 0 Å². The van der Waals surface area contributed by atoms with Crippen LogP contribution >= 0.6 is 0 Å². The Labute approximate surface area is 172 Å². The van der Waals surface area contributed by atoms with E-state index in [0.717, 1.165) is 43.2 Å². The van der Waals surface area contributed by atoms with Gasteiger partial charge in [0.15, 0.2) is 11.7 Å². The Hall–Kier alpha value is -2.96. The number of hydrogen-bond acceptors (Lipinski definition) is 4. The number of carbonyl (C=O) groups is 1. The van der Waals surface area contributed by atoms with Crippen molar-refractivity contribution in [3.63, 3.8) is 0 Å². The summed E-state index contributed by atoms with van der Waals surface area (Å²) < 4.78 is 10.6. The molecule has 1 amide bonds. The van der Waals surface area contributed by atoms with Crippen LogP contribution in [0.25, 0.3) is 0 Å². The minimum Gasteiger partial charge on any atom is -0.496 e. The SMILES string of the molecule is CCNC(=NCCCNC(=O)c1occc1C)NCCc1cc(C)ccc1OC. The van der Waals surface area contributed by atoms with Gasteiger partial charge in [-0.15, -0.1) is 0 Å². The van der Waals surface area contributed by atoms with Crippen LogP contribution in [-0.4, -0.2) is 45.2 Å². The molecule has 0 aliphatic heterocycles. The molecule has 0 saturated carbocycles. The van der Waals surface area contributed by atoms with Crippen molar-refractivity contribution in [2.45, 2.75) is 33.6 Å². The molecule has 29 heavy (non-hydrogen) atoms. The highest BCUT2D eigenvalue weighted by Gasteiger charge is 2.11. The van der Waals surface area contributed by atoms with Gasteiger partial charge in [-0.3, -0.25) is 9.79 Å². The van der Waals surface area contributed by atoms with Crippen LogP contribution in [0.15, 0.2) is 39.9 Å². The average molecular weight is 401 g/mol. The molecule has 0 aliphatic rings. The van der Waals surface area contributed by atoms with Crippen LogP contribution in [0.2, 0.25) is 0 Å². The highest BCUT2D eigenvalue weighted by molar-refractivity contribution is 5.92. The Bertz CT molecular complexity index is 814. The molecule has 0 radical (unpaired) electrons.